The van der Waals surface area contributed by atoms with Crippen LogP contribution in [0.2, 0.25) is 0 Å². The molecule has 96 valence electrons. The molecule has 0 radical (unpaired) electrons. The lowest BCUT2D eigenvalue weighted by Crippen LogP contribution is -2.45. The van der Waals surface area contributed by atoms with Crippen molar-refractivity contribution in [1.29, 1.82) is 5.26 Å². The van der Waals surface area contributed by atoms with Gasteiger partial charge in [0.15, 0.2) is 0 Å². The van der Waals surface area contributed by atoms with Crippen LogP contribution in [-0.4, -0.2) is 29.9 Å². The van der Waals surface area contributed by atoms with Crippen LogP contribution >= 0.6 is 0 Å². The highest BCUT2D eigenvalue weighted by Gasteiger charge is 2.38. The summed E-state index contributed by atoms with van der Waals surface area (Å²) < 4.78 is 0. The molecule has 0 spiro atoms. The maximum absolute atomic E-state index is 12.2. The molecule has 0 heterocycles. The van der Waals surface area contributed by atoms with Crippen LogP contribution in [0, 0.1) is 16.7 Å². The van der Waals surface area contributed by atoms with Crippen molar-refractivity contribution in [3.63, 3.8) is 0 Å². The molecule has 1 rings (SSSR count). The third-order valence-corrected chi connectivity index (χ3v) is 3.78. The van der Waals surface area contributed by atoms with Gasteiger partial charge in [-0.25, -0.2) is 0 Å². The van der Waals surface area contributed by atoms with Crippen LogP contribution in [0.25, 0.3) is 0 Å². The third kappa shape index (κ3) is 3.44. The molecule has 0 unspecified atom stereocenters. The van der Waals surface area contributed by atoms with Crippen LogP contribution in [-0.2, 0) is 4.79 Å². The standard InChI is InChI=1S/C13H23N3O/c1-11(2)16(8-4-7-14)12(17)9-13(10-15)5-3-6-13/h11H,3-6,8-10,15H2,1-2H3. The summed E-state index contributed by atoms with van der Waals surface area (Å²) in [5.41, 5.74) is 5.82. The zero-order valence-electron chi connectivity index (χ0n) is 10.9. The molecular formula is C13H23N3O. The summed E-state index contributed by atoms with van der Waals surface area (Å²) in [5, 5.41) is 8.61. The van der Waals surface area contributed by atoms with Gasteiger partial charge in [0, 0.05) is 19.0 Å². The van der Waals surface area contributed by atoms with E-state index >= 15 is 0 Å². The summed E-state index contributed by atoms with van der Waals surface area (Å²) in [5.74, 6) is 0.153. The van der Waals surface area contributed by atoms with Gasteiger partial charge in [0.05, 0.1) is 12.5 Å². The fourth-order valence-electron chi connectivity index (χ4n) is 2.39. The summed E-state index contributed by atoms with van der Waals surface area (Å²) in [6, 6.07) is 2.25. The van der Waals surface area contributed by atoms with Crippen LogP contribution in [0.4, 0.5) is 0 Å². The molecule has 17 heavy (non-hydrogen) atoms. The molecular weight excluding hydrogens is 214 g/mol. The molecule has 1 saturated carbocycles. The zero-order valence-corrected chi connectivity index (χ0v) is 10.9. The summed E-state index contributed by atoms with van der Waals surface area (Å²) in [6.45, 7) is 5.12. The van der Waals surface area contributed by atoms with Crippen molar-refractivity contribution in [2.75, 3.05) is 13.1 Å². The maximum atomic E-state index is 12.2. The largest absolute Gasteiger partial charge is 0.339 e. The van der Waals surface area contributed by atoms with E-state index in [4.69, 9.17) is 11.0 Å². The Balaban J connectivity index is 2.56. The van der Waals surface area contributed by atoms with Gasteiger partial charge in [-0.1, -0.05) is 6.42 Å². The van der Waals surface area contributed by atoms with Crippen molar-refractivity contribution in [3.05, 3.63) is 0 Å². The quantitative estimate of drug-likeness (QED) is 0.763. The fraction of sp³-hybridized carbons (Fsp3) is 0.846. The zero-order chi connectivity index (χ0) is 12.9. The minimum Gasteiger partial charge on any atom is -0.339 e. The van der Waals surface area contributed by atoms with Gasteiger partial charge in [0.1, 0.15) is 0 Å². The molecule has 0 aromatic rings. The van der Waals surface area contributed by atoms with E-state index < -0.39 is 0 Å². The Morgan fingerprint density at radius 1 is 1.53 bits per heavy atom. The van der Waals surface area contributed by atoms with Crippen LogP contribution < -0.4 is 5.73 Å². The van der Waals surface area contributed by atoms with E-state index in [2.05, 4.69) is 6.07 Å². The van der Waals surface area contributed by atoms with E-state index in [0.29, 0.717) is 25.9 Å². The number of hydrogen-bond acceptors (Lipinski definition) is 3. The first kappa shape index (κ1) is 14.0. The number of rotatable bonds is 6. The highest BCUT2D eigenvalue weighted by molar-refractivity contribution is 5.77. The predicted molar refractivity (Wildman–Crippen MR) is 67.0 cm³/mol. The van der Waals surface area contributed by atoms with Crippen molar-refractivity contribution >= 4 is 5.91 Å². The summed E-state index contributed by atoms with van der Waals surface area (Å²) >= 11 is 0. The summed E-state index contributed by atoms with van der Waals surface area (Å²) in [7, 11) is 0. The maximum Gasteiger partial charge on any atom is 0.223 e. The Hall–Kier alpha value is -1.08. The average molecular weight is 237 g/mol. The van der Waals surface area contributed by atoms with Crippen molar-refractivity contribution in [2.45, 2.75) is 52.0 Å². The number of carbonyl (C=O) groups excluding carboxylic acids is 1. The first-order valence-corrected chi connectivity index (χ1v) is 6.41. The second-order valence-corrected chi connectivity index (χ2v) is 5.32. The predicted octanol–water partition coefficient (Wildman–Crippen LogP) is 1.66. The Labute approximate surface area is 104 Å². The van der Waals surface area contributed by atoms with Gasteiger partial charge in [-0.15, -0.1) is 0 Å². The molecule has 1 aliphatic rings. The van der Waals surface area contributed by atoms with E-state index in [1.807, 2.05) is 13.8 Å². The Kier molecular flexibility index (Phi) is 4.95. The van der Waals surface area contributed by atoms with Crippen molar-refractivity contribution in [2.24, 2.45) is 11.1 Å². The lowest BCUT2D eigenvalue weighted by molar-refractivity contribution is -0.136. The second kappa shape index (κ2) is 6.02. The minimum atomic E-state index is 0.0524. The lowest BCUT2D eigenvalue weighted by atomic mass is 9.66. The molecule has 0 aromatic carbocycles. The number of carbonyl (C=O) groups is 1. The van der Waals surface area contributed by atoms with Gasteiger partial charge in [0.25, 0.3) is 0 Å². The minimum absolute atomic E-state index is 0.0524. The van der Waals surface area contributed by atoms with Crippen LogP contribution in [0.5, 0.6) is 0 Å². The number of nitrogens with two attached hydrogens (primary N) is 1. The van der Waals surface area contributed by atoms with Crippen LogP contribution in [0.1, 0.15) is 46.0 Å². The van der Waals surface area contributed by atoms with Crippen LogP contribution in [0.15, 0.2) is 0 Å². The van der Waals surface area contributed by atoms with E-state index in [0.717, 1.165) is 12.8 Å². The Morgan fingerprint density at radius 2 is 2.18 bits per heavy atom. The first-order chi connectivity index (χ1) is 8.04. The van der Waals surface area contributed by atoms with Crippen molar-refractivity contribution in [1.82, 2.24) is 4.90 Å². The van der Waals surface area contributed by atoms with Gasteiger partial charge in [-0.3, -0.25) is 4.79 Å². The average Bonchev–Trinajstić information content (AvgIpc) is 2.23. The number of nitrogens with zero attached hydrogens (tertiary/aromatic N) is 2. The monoisotopic (exact) mass is 237 g/mol. The normalized spacial score (nSPS) is 17.4. The topological polar surface area (TPSA) is 70.1 Å². The molecule has 0 aromatic heterocycles. The Bertz CT molecular complexity index is 297. The molecule has 0 aliphatic heterocycles. The highest BCUT2D eigenvalue weighted by Crippen LogP contribution is 2.43. The van der Waals surface area contributed by atoms with Gasteiger partial charge in [0.2, 0.25) is 5.91 Å². The van der Waals surface area contributed by atoms with Gasteiger partial charge >= 0.3 is 0 Å². The Morgan fingerprint density at radius 3 is 2.53 bits per heavy atom. The molecule has 0 bridgehead atoms. The molecule has 1 aliphatic carbocycles. The molecule has 4 nitrogen and oxygen atoms in total. The molecule has 0 atom stereocenters. The lowest BCUT2D eigenvalue weighted by Gasteiger charge is -2.42. The van der Waals surface area contributed by atoms with Gasteiger partial charge < -0.3 is 10.6 Å². The van der Waals surface area contributed by atoms with Crippen molar-refractivity contribution < 1.29 is 4.79 Å². The number of nitriles is 1. The highest BCUT2D eigenvalue weighted by atomic mass is 16.2. The number of hydrogen-bond donors (Lipinski definition) is 1. The van der Waals surface area contributed by atoms with E-state index in [9.17, 15) is 4.79 Å². The summed E-state index contributed by atoms with van der Waals surface area (Å²) in [6.07, 6.45) is 4.27. The molecule has 4 heteroatoms. The van der Waals surface area contributed by atoms with Gasteiger partial charge in [-0.2, -0.15) is 5.26 Å². The molecule has 0 saturated heterocycles. The molecule has 1 amide bonds. The SMILES string of the molecule is CC(C)N(CCC#N)C(=O)CC1(CN)CCC1. The van der Waals surface area contributed by atoms with E-state index in [1.165, 1.54) is 6.42 Å². The van der Waals surface area contributed by atoms with Gasteiger partial charge in [-0.05, 0) is 38.6 Å². The van der Waals surface area contributed by atoms with Crippen LogP contribution in [0.3, 0.4) is 0 Å². The second-order valence-electron chi connectivity index (χ2n) is 5.32. The van der Waals surface area contributed by atoms with Crippen molar-refractivity contribution in [3.8, 4) is 6.07 Å². The molecule has 1 fully saturated rings. The van der Waals surface area contributed by atoms with E-state index in [-0.39, 0.29) is 17.4 Å². The fourth-order valence-corrected chi connectivity index (χ4v) is 2.39. The first-order valence-electron chi connectivity index (χ1n) is 6.41. The third-order valence-electron chi connectivity index (χ3n) is 3.78. The van der Waals surface area contributed by atoms with E-state index in [1.54, 1.807) is 4.90 Å². The molecule has 2 N–H and O–H groups in total. The number of amides is 1. The smallest absolute Gasteiger partial charge is 0.223 e. The summed E-state index contributed by atoms with van der Waals surface area (Å²) in [4.78, 5) is 14.0.